The Balaban J connectivity index is 1.76. The number of amides is 2. The summed E-state index contributed by atoms with van der Waals surface area (Å²) in [5, 5.41) is 5.04. The number of fused-ring (bicyclic) bond motifs is 1. The Bertz CT molecular complexity index is 1620. The summed E-state index contributed by atoms with van der Waals surface area (Å²) in [5.74, 6) is -0.793. The van der Waals surface area contributed by atoms with Gasteiger partial charge in [0.15, 0.2) is 0 Å². The number of benzene rings is 4. The molecule has 4 aromatic rings. The van der Waals surface area contributed by atoms with Gasteiger partial charge >= 0.3 is 0 Å². The van der Waals surface area contributed by atoms with Crippen LogP contribution >= 0.6 is 11.6 Å². The van der Waals surface area contributed by atoms with Gasteiger partial charge in [-0.2, -0.15) is 0 Å². The molecule has 0 saturated heterocycles. The molecule has 0 aliphatic heterocycles. The van der Waals surface area contributed by atoms with Crippen molar-refractivity contribution >= 4 is 49.9 Å². The van der Waals surface area contributed by atoms with Gasteiger partial charge in [0.1, 0.15) is 12.6 Å². The van der Waals surface area contributed by atoms with Crippen LogP contribution < -0.4 is 9.62 Å². The Hall–Kier alpha value is -3.88. The molecular weight excluding hydrogens is 570 g/mol. The van der Waals surface area contributed by atoms with E-state index in [4.69, 9.17) is 11.6 Å². The molecule has 0 aliphatic rings. The number of sulfonamides is 1. The molecule has 0 spiro atoms. The van der Waals surface area contributed by atoms with E-state index in [-0.39, 0.29) is 18.9 Å². The first-order chi connectivity index (χ1) is 20.2. The lowest BCUT2D eigenvalue weighted by Crippen LogP contribution is -2.53. The maximum Gasteiger partial charge on any atom is 0.244 e. The summed E-state index contributed by atoms with van der Waals surface area (Å²) in [5.41, 5.74) is 2.01. The minimum Gasteiger partial charge on any atom is -0.354 e. The predicted octanol–water partition coefficient (Wildman–Crippen LogP) is 5.82. The van der Waals surface area contributed by atoms with Gasteiger partial charge in [0.2, 0.25) is 21.8 Å². The van der Waals surface area contributed by atoms with Crippen LogP contribution in [0.2, 0.25) is 5.02 Å². The molecule has 0 heterocycles. The van der Waals surface area contributed by atoms with Gasteiger partial charge in [0, 0.05) is 29.9 Å². The minimum absolute atomic E-state index is 0.0746. The van der Waals surface area contributed by atoms with Crippen LogP contribution in [0.1, 0.15) is 30.9 Å². The van der Waals surface area contributed by atoms with Crippen LogP contribution in [0.25, 0.3) is 10.8 Å². The fraction of sp³-hybridized carbons (Fsp3) is 0.273. The highest BCUT2D eigenvalue weighted by Gasteiger charge is 2.33. The number of carbonyl (C=O) groups is 2. The third-order valence-electron chi connectivity index (χ3n) is 7.06. The second-order valence-corrected chi connectivity index (χ2v) is 12.6. The molecule has 220 valence electrons. The van der Waals surface area contributed by atoms with Crippen LogP contribution in [-0.4, -0.2) is 50.5 Å². The fourth-order valence-electron chi connectivity index (χ4n) is 4.91. The lowest BCUT2D eigenvalue weighted by Gasteiger charge is -2.33. The monoisotopic (exact) mass is 605 g/mol. The van der Waals surface area contributed by atoms with Crippen LogP contribution in [0, 0.1) is 0 Å². The summed E-state index contributed by atoms with van der Waals surface area (Å²) in [4.78, 5) is 29.4. The zero-order chi connectivity index (χ0) is 30.1. The van der Waals surface area contributed by atoms with E-state index in [1.54, 1.807) is 30.3 Å². The average Bonchev–Trinajstić information content (AvgIpc) is 2.97. The first-order valence-corrected chi connectivity index (χ1v) is 16.2. The highest BCUT2D eigenvalue weighted by Crippen LogP contribution is 2.29. The van der Waals surface area contributed by atoms with E-state index in [0.29, 0.717) is 22.6 Å². The number of nitrogens with zero attached hydrogens (tertiary/aromatic N) is 2. The molecule has 0 saturated carbocycles. The molecule has 7 nitrogen and oxygen atoms in total. The summed E-state index contributed by atoms with van der Waals surface area (Å²) >= 11 is 6.27. The Morgan fingerprint density at radius 3 is 2.26 bits per heavy atom. The quantitative estimate of drug-likeness (QED) is 0.195. The number of rotatable bonds is 13. The molecule has 4 rings (SSSR count). The highest BCUT2D eigenvalue weighted by molar-refractivity contribution is 7.92. The molecule has 0 bridgehead atoms. The fourth-order valence-corrected chi connectivity index (χ4v) is 5.99. The van der Waals surface area contributed by atoms with Crippen molar-refractivity contribution in [2.24, 2.45) is 0 Å². The van der Waals surface area contributed by atoms with E-state index in [2.05, 4.69) is 5.32 Å². The van der Waals surface area contributed by atoms with Crippen LogP contribution in [0.15, 0.2) is 97.1 Å². The number of hydrogen-bond donors (Lipinski definition) is 1. The maximum absolute atomic E-state index is 14.3. The van der Waals surface area contributed by atoms with Gasteiger partial charge in [0.05, 0.1) is 11.9 Å². The highest BCUT2D eigenvalue weighted by atomic mass is 35.5. The van der Waals surface area contributed by atoms with Crippen molar-refractivity contribution < 1.29 is 18.0 Å². The van der Waals surface area contributed by atoms with Gasteiger partial charge in [-0.1, -0.05) is 104 Å². The zero-order valence-corrected chi connectivity index (χ0v) is 25.4. The Kier molecular flexibility index (Phi) is 10.6. The second-order valence-electron chi connectivity index (χ2n) is 10.3. The molecule has 1 atom stereocenters. The minimum atomic E-state index is -3.88. The zero-order valence-electron chi connectivity index (χ0n) is 23.9. The third kappa shape index (κ3) is 8.11. The molecule has 2 amide bonds. The van der Waals surface area contributed by atoms with Crippen molar-refractivity contribution in [2.45, 2.75) is 38.8 Å². The molecule has 4 aromatic carbocycles. The van der Waals surface area contributed by atoms with Crippen molar-refractivity contribution in [1.82, 2.24) is 10.2 Å². The van der Waals surface area contributed by atoms with E-state index in [1.165, 1.54) is 4.90 Å². The molecule has 0 aliphatic carbocycles. The number of hydrogen-bond acceptors (Lipinski definition) is 4. The molecule has 0 aromatic heterocycles. The van der Waals surface area contributed by atoms with Crippen molar-refractivity contribution in [1.29, 1.82) is 0 Å². The summed E-state index contributed by atoms with van der Waals surface area (Å²) in [6, 6.07) is 28.5. The standard InChI is InChI=1S/C33H36ClN3O4S/c1-3-4-20-35-33(39)31(22-25-12-6-5-7-13-25)36(23-26-14-10-17-28(34)21-26)32(38)24-37(42(2,40)41)30-19-11-16-27-15-8-9-18-29(27)30/h5-19,21,31H,3-4,20,22-24H2,1-2H3,(H,35,39). The molecule has 0 radical (unpaired) electrons. The normalized spacial score (nSPS) is 12.1. The van der Waals surface area contributed by atoms with E-state index in [1.807, 2.05) is 73.7 Å². The van der Waals surface area contributed by atoms with Gasteiger partial charge < -0.3 is 10.2 Å². The van der Waals surface area contributed by atoms with E-state index in [9.17, 15) is 18.0 Å². The maximum atomic E-state index is 14.3. The molecule has 42 heavy (non-hydrogen) atoms. The summed E-state index contributed by atoms with van der Waals surface area (Å²) < 4.78 is 27.5. The Labute approximate surface area is 253 Å². The number of unbranched alkanes of at least 4 members (excludes halogenated alkanes) is 1. The van der Waals surface area contributed by atoms with Gasteiger partial charge in [0.25, 0.3) is 0 Å². The summed E-state index contributed by atoms with van der Waals surface area (Å²) in [6.45, 7) is 2.12. The Morgan fingerprint density at radius 2 is 1.55 bits per heavy atom. The summed E-state index contributed by atoms with van der Waals surface area (Å²) in [6.07, 6.45) is 3.05. The van der Waals surface area contributed by atoms with Crippen molar-refractivity contribution in [3.05, 3.63) is 113 Å². The van der Waals surface area contributed by atoms with Crippen LogP contribution in [0.5, 0.6) is 0 Å². The smallest absolute Gasteiger partial charge is 0.244 e. The lowest BCUT2D eigenvalue weighted by molar-refractivity contribution is -0.140. The number of halogens is 1. The van der Waals surface area contributed by atoms with Crippen molar-refractivity contribution in [2.75, 3.05) is 23.7 Å². The molecule has 9 heteroatoms. The number of nitrogens with one attached hydrogen (secondary N) is 1. The van der Waals surface area contributed by atoms with Crippen LogP contribution in [-0.2, 0) is 32.6 Å². The van der Waals surface area contributed by atoms with E-state index < -0.39 is 28.5 Å². The molecular formula is C33H36ClN3O4S. The van der Waals surface area contributed by atoms with Crippen molar-refractivity contribution in [3.63, 3.8) is 0 Å². The van der Waals surface area contributed by atoms with E-state index in [0.717, 1.165) is 39.9 Å². The molecule has 1 N–H and O–H groups in total. The lowest BCUT2D eigenvalue weighted by atomic mass is 10.0. The number of carbonyl (C=O) groups excluding carboxylic acids is 2. The second kappa shape index (κ2) is 14.3. The van der Waals surface area contributed by atoms with Gasteiger partial charge in [-0.05, 0) is 41.1 Å². The first kappa shape index (κ1) is 31.1. The SMILES string of the molecule is CCCCNC(=O)C(Cc1ccccc1)N(Cc1cccc(Cl)c1)C(=O)CN(c1cccc2ccccc12)S(C)(=O)=O. The van der Waals surface area contributed by atoms with Gasteiger partial charge in [-0.3, -0.25) is 13.9 Å². The van der Waals surface area contributed by atoms with E-state index >= 15 is 0 Å². The molecule has 1 unspecified atom stereocenters. The Morgan fingerprint density at radius 1 is 0.881 bits per heavy atom. The van der Waals surface area contributed by atoms with Crippen LogP contribution in [0.3, 0.4) is 0 Å². The number of anilines is 1. The van der Waals surface area contributed by atoms with Gasteiger partial charge in [-0.25, -0.2) is 8.42 Å². The molecule has 0 fully saturated rings. The van der Waals surface area contributed by atoms with Gasteiger partial charge in [-0.15, -0.1) is 0 Å². The predicted molar refractivity (Wildman–Crippen MR) is 170 cm³/mol. The van der Waals surface area contributed by atoms with Crippen LogP contribution in [0.4, 0.5) is 5.69 Å². The summed E-state index contributed by atoms with van der Waals surface area (Å²) in [7, 11) is -3.88. The largest absolute Gasteiger partial charge is 0.354 e. The first-order valence-electron chi connectivity index (χ1n) is 14.0. The average molecular weight is 606 g/mol. The topological polar surface area (TPSA) is 86.8 Å². The van der Waals surface area contributed by atoms with Crippen molar-refractivity contribution in [3.8, 4) is 0 Å². The third-order valence-corrected chi connectivity index (χ3v) is 8.42.